The van der Waals surface area contributed by atoms with Crippen molar-refractivity contribution in [3.05, 3.63) is 24.3 Å². The van der Waals surface area contributed by atoms with Gasteiger partial charge in [0.05, 0.1) is 18.9 Å². The smallest absolute Gasteiger partial charge is 0.142 e. The number of hydrogen-bond donors (Lipinski definition) is 2. The van der Waals surface area contributed by atoms with E-state index in [1.807, 2.05) is 24.3 Å². The van der Waals surface area contributed by atoms with Gasteiger partial charge in [0.15, 0.2) is 0 Å². The van der Waals surface area contributed by atoms with Crippen molar-refractivity contribution in [2.45, 2.75) is 26.3 Å². The fraction of sp³-hybridized carbons (Fsp3) is 0.571. The summed E-state index contributed by atoms with van der Waals surface area (Å²) in [5.41, 5.74) is 6.46. The van der Waals surface area contributed by atoms with E-state index in [-0.39, 0.29) is 6.61 Å². The average molecular weight is 252 g/mol. The van der Waals surface area contributed by atoms with Gasteiger partial charge < -0.3 is 15.6 Å². The molecule has 0 bridgehead atoms. The van der Waals surface area contributed by atoms with Crippen LogP contribution in [0.3, 0.4) is 0 Å². The maximum Gasteiger partial charge on any atom is 0.142 e. The molecule has 1 aromatic carbocycles. The topological polar surface area (TPSA) is 58.7 Å². The lowest BCUT2D eigenvalue weighted by Gasteiger charge is -2.25. The normalized spacial score (nSPS) is 11.2. The van der Waals surface area contributed by atoms with Crippen molar-refractivity contribution in [2.24, 2.45) is 0 Å². The van der Waals surface area contributed by atoms with Crippen LogP contribution in [0.5, 0.6) is 5.75 Å². The third kappa shape index (κ3) is 4.94. The van der Waals surface area contributed by atoms with Crippen LogP contribution in [-0.2, 0) is 0 Å². The highest BCUT2D eigenvalue weighted by Gasteiger charge is 2.08. The Bertz CT molecular complexity index is 342. The number of aliphatic hydroxyl groups is 1. The van der Waals surface area contributed by atoms with Gasteiger partial charge in [0.1, 0.15) is 5.75 Å². The molecule has 4 nitrogen and oxygen atoms in total. The zero-order chi connectivity index (χ0) is 13.4. The highest BCUT2D eigenvalue weighted by atomic mass is 16.5. The second-order valence-electron chi connectivity index (χ2n) is 4.59. The van der Waals surface area contributed by atoms with Crippen molar-refractivity contribution in [1.82, 2.24) is 4.90 Å². The van der Waals surface area contributed by atoms with Crippen molar-refractivity contribution < 1.29 is 9.84 Å². The molecule has 3 N–H and O–H groups in total. The molecule has 0 amide bonds. The van der Waals surface area contributed by atoms with Crippen LogP contribution < -0.4 is 10.5 Å². The molecule has 0 aliphatic rings. The van der Waals surface area contributed by atoms with Crippen LogP contribution in [0.25, 0.3) is 0 Å². The van der Waals surface area contributed by atoms with Gasteiger partial charge in [-0.3, -0.25) is 4.90 Å². The molecular weight excluding hydrogens is 228 g/mol. The van der Waals surface area contributed by atoms with Crippen molar-refractivity contribution >= 4 is 5.69 Å². The first-order chi connectivity index (χ1) is 8.65. The van der Waals surface area contributed by atoms with Gasteiger partial charge in [-0.15, -0.1) is 0 Å². The van der Waals surface area contributed by atoms with E-state index < -0.39 is 0 Å². The molecule has 1 aromatic rings. The van der Waals surface area contributed by atoms with Gasteiger partial charge in [0.2, 0.25) is 0 Å². The Kier molecular flexibility index (Phi) is 6.54. The second-order valence-corrected chi connectivity index (χ2v) is 4.59. The Morgan fingerprint density at radius 3 is 2.61 bits per heavy atom. The largest absolute Gasteiger partial charge is 0.491 e. The maximum atomic E-state index is 8.97. The average Bonchev–Trinajstić information content (AvgIpc) is 2.35. The maximum absolute atomic E-state index is 8.97. The third-order valence-corrected chi connectivity index (χ3v) is 2.88. The first kappa shape index (κ1) is 14.8. The summed E-state index contributed by atoms with van der Waals surface area (Å²) in [7, 11) is 0. The van der Waals surface area contributed by atoms with Gasteiger partial charge in [-0.05, 0) is 32.4 Å². The van der Waals surface area contributed by atoms with Gasteiger partial charge in [-0.25, -0.2) is 0 Å². The van der Waals surface area contributed by atoms with Gasteiger partial charge in [-0.1, -0.05) is 12.1 Å². The van der Waals surface area contributed by atoms with E-state index in [0.29, 0.717) is 24.9 Å². The van der Waals surface area contributed by atoms with Gasteiger partial charge >= 0.3 is 0 Å². The van der Waals surface area contributed by atoms with Crippen LogP contribution in [0.15, 0.2) is 24.3 Å². The van der Waals surface area contributed by atoms with E-state index >= 15 is 0 Å². The van der Waals surface area contributed by atoms with Crippen LogP contribution in [-0.4, -0.2) is 42.4 Å². The van der Waals surface area contributed by atoms with Crippen LogP contribution in [0.4, 0.5) is 5.69 Å². The first-order valence-electron chi connectivity index (χ1n) is 6.47. The monoisotopic (exact) mass is 252 g/mol. The second kappa shape index (κ2) is 7.95. The minimum absolute atomic E-state index is 0.199. The Morgan fingerprint density at radius 1 is 1.28 bits per heavy atom. The molecule has 0 saturated heterocycles. The number of para-hydroxylation sites is 2. The quantitative estimate of drug-likeness (QED) is 0.546. The molecule has 0 saturated carbocycles. The van der Waals surface area contributed by atoms with E-state index in [9.17, 15) is 0 Å². The molecule has 1 rings (SSSR count). The number of ether oxygens (including phenoxy) is 1. The molecule has 0 aliphatic carbocycles. The Balaban J connectivity index is 2.27. The van der Waals surface area contributed by atoms with E-state index in [1.165, 1.54) is 0 Å². The Morgan fingerprint density at radius 2 is 2.00 bits per heavy atom. The summed E-state index contributed by atoms with van der Waals surface area (Å²) < 4.78 is 5.63. The number of nitrogens with two attached hydrogens (primary N) is 1. The summed E-state index contributed by atoms with van der Waals surface area (Å²) in [5.74, 6) is 0.746. The van der Waals surface area contributed by atoms with Crippen LogP contribution in [0.2, 0.25) is 0 Å². The Labute approximate surface area is 109 Å². The zero-order valence-corrected chi connectivity index (χ0v) is 11.3. The van der Waals surface area contributed by atoms with Crippen molar-refractivity contribution in [3.8, 4) is 5.75 Å². The van der Waals surface area contributed by atoms with Crippen LogP contribution in [0, 0.1) is 0 Å². The number of rotatable bonds is 8. The predicted octanol–water partition coefficient (Wildman–Crippen LogP) is 1.74. The SMILES string of the molecule is CC(C)N(CCO)CCCOc1ccccc1N. The predicted molar refractivity (Wildman–Crippen MR) is 74.8 cm³/mol. The molecule has 0 unspecified atom stereocenters. The standard InChI is InChI=1S/C14H24N2O2/c1-12(2)16(9-10-17)8-5-11-18-14-7-4-3-6-13(14)15/h3-4,6-7,12,17H,5,8-11,15H2,1-2H3. The summed E-state index contributed by atoms with van der Waals surface area (Å²) in [4.78, 5) is 2.23. The molecule has 0 atom stereocenters. The van der Waals surface area contributed by atoms with Gasteiger partial charge in [0.25, 0.3) is 0 Å². The third-order valence-electron chi connectivity index (χ3n) is 2.88. The molecule has 102 valence electrons. The first-order valence-corrected chi connectivity index (χ1v) is 6.47. The van der Waals surface area contributed by atoms with E-state index in [0.717, 1.165) is 18.7 Å². The Hall–Kier alpha value is -1.26. The molecular formula is C14H24N2O2. The lowest BCUT2D eigenvalue weighted by Crippen LogP contribution is -2.34. The minimum Gasteiger partial charge on any atom is -0.491 e. The van der Waals surface area contributed by atoms with Gasteiger partial charge in [0, 0.05) is 19.1 Å². The van der Waals surface area contributed by atoms with E-state index in [2.05, 4.69) is 18.7 Å². The van der Waals surface area contributed by atoms with Crippen molar-refractivity contribution in [3.63, 3.8) is 0 Å². The molecule has 4 heteroatoms. The lowest BCUT2D eigenvalue weighted by molar-refractivity contribution is 0.155. The number of nitrogens with zero attached hydrogens (tertiary/aromatic N) is 1. The van der Waals surface area contributed by atoms with E-state index in [1.54, 1.807) is 0 Å². The molecule has 0 fully saturated rings. The summed E-state index contributed by atoms with van der Waals surface area (Å²) in [6, 6.07) is 7.96. The number of aliphatic hydroxyl groups excluding tert-OH is 1. The van der Waals surface area contributed by atoms with Gasteiger partial charge in [-0.2, -0.15) is 0 Å². The zero-order valence-electron chi connectivity index (χ0n) is 11.3. The molecule has 0 aromatic heterocycles. The minimum atomic E-state index is 0.199. The summed E-state index contributed by atoms with van der Waals surface area (Å²) in [5, 5.41) is 8.97. The van der Waals surface area contributed by atoms with Crippen molar-refractivity contribution in [1.29, 1.82) is 0 Å². The summed E-state index contributed by atoms with van der Waals surface area (Å²) in [6.45, 7) is 6.74. The molecule has 0 aliphatic heterocycles. The highest BCUT2D eigenvalue weighted by molar-refractivity contribution is 5.51. The van der Waals surface area contributed by atoms with Crippen LogP contribution >= 0.6 is 0 Å². The van der Waals surface area contributed by atoms with Crippen molar-refractivity contribution in [2.75, 3.05) is 32.0 Å². The number of anilines is 1. The molecule has 0 spiro atoms. The summed E-state index contributed by atoms with van der Waals surface area (Å²) in [6.07, 6.45) is 0.923. The fourth-order valence-corrected chi connectivity index (χ4v) is 1.82. The summed E-state index contributed by atoms with van der Waals surface area (Å²) >= 11 is 0. The molecule has 0 heterocycles. The highest BCUT2D eigenvalue weighted by Crippen LogP contribution is 2.19. The number of nitrogen functional groups attached to an aromatic ring is 1. The fourth-order valence-electron chi connectivity index (χ4n) is 1.82. The number of hydrogen-bond acceptors (Lipinski definition) is 4. The number of benzene rings is 1. The molecule has 0 radical (unpaired) electrons. The van der Waals surface area contributed by atoms with Crippen LogP contribution in [0.1, 0.15) is 20.3 Å². The van der Waals surface area contributed by atoms with E-state index in [4.69, 9.17) is 15.6 Å². The molecule has 18 heavy (non-hydrogen) atoms. The lowest BCUT2D eigenvalue weighted by atomic mass is 10.3.